The number of aromatic nitrogens is 4. The monoisotopic (exact) mass is 725 g/mol. The highest BCUT2D eigenvalue weighted by molar-refractivity contribution is 5.74. The van der Waals surface area contributed by atoms with Gasteiger partial charge in [0.25, 0.3) is 0 Å². The van der Waals surface area contributed by atoms with E-state index in [-0.39, 0.29) is 40.3 Å². The molecule has 4 N–H and O–H groups in total. The largest absolute Gasteiger partial charge is 0.491 e. The molecule has 3 atom stereocenters. The van der Waals surface area contributed by atoms with Crippen LogP contribution in [0.15, 0.2) is 54.7 Å². The standard InChI is InChI=1S/C37H43F4N7O4/c1-4-6-17-51-29-10-8-23(18-26(29)38)24-7-9-25(28(19-24)48-14-11-22(3)46-48)33(37(39,40)41)52-32-20-31(44-35(42)45-32)47-15-12-36(13-16-47)21-27(34(49)50)43-30(36)5-2/h7-11,14,18-20,27,30,33,43H,4-6,12-13,15-17,21H2,1-3H3,(H,49,50)(H2,42,44,45)/t27?,30?,33-/m1/s1. The molecule has 2 unspecified atom stereocenters. The first-order valence-electron chi connectivity index (χ1n) is 17.5. The second-order valence-corrected chi connectivity index (χ2v) is 13.6. The molecule has 0 saturated carbocycles. The number of piperidine rings is 1. The van der Waals surface area contributed by atoms with Gasteiger partial charge in [0.1, 0.15) is 11.9 Å². The molecule has 278 valence electrons. The Labute approximate surface area is 299 Å². The Kier molecular flexibility index (Phi) is 10.6. The Bertz CT molecular complexity index is 1890. The number of benzene rings is 2. The molecule has 2 aromatic heterocycles. The summed E-state index contributed by atoms with van der Waals surface area (Å²) < 4.78 is 72.4. The maximum Gasteiger partial charge on any atom is 0.429 e. The maximum atomic E-state index is 15.0. The van der Waals surface area contributed by atoms with Crippen LogP contribution in [0.2, 0.25) is 0 Å². The zero-order valence-electron chi connectivity index (χ0n) is 29.3. The van der Waals surface area contributed by atoms with Crippen molar-refractivity contribution in [2.75, 3.05) is 30.3 Å². The fraction of sp³-hybridized carbons (Fsp3) is 0.459. The Hall–Kier alpha value is -4.92. The lowest BCUT2D eigenvalue weighted by molar-refractivity contribution is -0.198. The highest BCUT2D eigenvalue weighted by Crippen LogP contribution is 2.46. The van der Waals surface area contributed by atoms with E-state index in [2.05, 4.69) is 20.4 Å². The SMILES string of the molecule is CCCCOc1ccc(-c2ccc([C@@H](Oc3cc(N4CCC5(CC4)CC(C(=O)O)NC5CC)nc(N)n3)C(F)(F)F)c(-n3ccc(C)n3)c2)cc1F. The van der Waals surface area contributed by atoms with Crippen molar-refractivity contribution in [3.63, 3.8) is 0 Å². The van der Waals surface area contributed by atoms with Crippen LogP contribution in [0.3, 0.4) is 0 Å². The van der Waals surface area contributed by atoms with E-state index in [0.717, 1.165) is 19.3 Å². The number of nitrogen functional groups attached to an aromatic ring is 1. The third kappa shape index (κ3) is 7.78. The molecule has 2 aliphatic rings. The average Bonchev–Trinajstić information content (AvgIpc) is 3.70. The molecule has 0 amide bonds. The molecular weight excluding hydrogens is 682 g/mol. The lowest BCUT2D eigenvalue weighted by atomic mass is 9.71. The molecule has 0 bridgehead atoms. The van der Waals surface area contributed by atoms with E-state index >= 15 is 0 Å². The molecule has 4 heterocycles. The molecule has 6 rings (SSSR count). The number of nitrogens with zero attached hydrogens (tertiary/aromatic N) is 5. The smallest absolute Gasteiger partial charge is 0.429 e. The highest BCUT2D eigenvalue weighted by atomic mass is 19.4. The zero-order valence-corrected chi connectivity index (χ0v) is 29.3. The molecule has 2 fully saturated rings. The molecule has 2 saturated heterocycles. The van der Waals surface area contributed by atoms with E-state index in [4.69, 9.17) is 15.2 Å². The number of hydrogen-bond acceptors (Lipinski definition) is 9. The van der Waals surface area contributed by atoms with Crippen LogP contribution in [0.25, 0.3) is 16.8 Å². The van der Waals surface area contributed by atoms with Gasteiger partial charge in [0.05, 0.1) is 18.0 Å². The quantitative estimate of drug-likeness (QED) is 0.103. The Balaban J connectivity index is 1.29. The van der Waals surface area contributed by atoms with Crippen LogP contribution >= 0.6 is 0 Å². The van der Waals surface area contributed by atoms with Crippen LogP contribution in [0.4, 0.5) is 29.3 Å². The number of halogens is 4. The number of alkyl halides is 3. The fourth-order valence-corrected chi connectivity index (χ4v) is 7.37. The lowest BCUT2D eigenvalue weighted by Gasteiger charge is -2.43. The number of carboxylic acid groups (broad SMARTS) is 1. The van der Waals surface area contributed by atoms with E-state index < -0.39 is 30.1 Å². The Morgan fingerprint density at radius 1 is 1.10 bits per heavy atom. The first kappa shape index (κ1) is 36.9. The summed E-state index contributed by atoms with van der Waals surface area (Å²) in [7, 11) is 0. The summed E-state index contributed by atoms with van der Waals surface area (Å²) in [5, 5.41) is 17.2. The molecule has 11 nitrogen and oxygen atoms in total. The number of hydrogen-bond donors (Lipinski definition) is 3. The van der Waals surface area contributed by atoms with E-state index in [1.807, 2.05) is 18.7 Å². The summed E-state index contributed by atoms with van der Waals surface area (Å²) in [6.07, 6.45) is -1.55. The molecule has 15 heteroatoms. The summed E-state index contributed by atoms with van der Waals surface area (Å²) in [5.41, 5.74) is 7.13. The molecule has 2 aromatic carbocycles. The maximum absolute atomic E-state index is 15.0. The van der Waals surface area contributed by atoms with Crippen molar-refractivity contribution in [2.24, 2.45) is 5.41 Å². The van der Waals surface area contributed by atoms with Gasteiger partial charge in [0.15, 0.2) is 11.6 Å². The number of rotatable bonds is 12. The minimum absolute atomic E-state index is 0.0415. The van der Waals surface area contributed by atoms with Crippen LogP contribution in [0, 0.1) is 18.2 Å². The molecule has 2 aliphatic heterocycles. The summed E-state index contributed by atoms with van der Waals surface area (Å²) in [4.78, 5) is 22.0. The van der Waals surface area contributed by atoms with Gasteiger partial charge in [0, 0.05) is 37.0 Å². The number of aliphatic carboxylic acids is 1. The van der Waals surface area contributed by atoms with E-state index in [0.29, 0.717) is 61.6 Å². The highest BCUT2D eigenvalue weighted by Gasteiger charge is 2.50. The number of ether oxygens (including phenoxy) is 2. The van der Waals surface area contributed by atoms with Crippen LogP contribution in [0.1, 0.15) is 69.7 Å². The first-order chi connectivity index (χ1) is 24.8. The first-order valence-corrected chi connectivity index (χ1v) is 17.5. The van der Waals surface area contributed by atoms with Crippen molar-refractivity contribution in [1.82, 2.24) is 25.1 Å². The molecule has 1 spiro atoms. The molecule has 0 radical (unpaired) electrons. The van der Waals surface area contributed by atoms with Crippen molar-refractivity contribution < 1.29 is 36.9 Å². The normalized spacial score (nSPS) is 19.2. The van der Waals surface area contributed by atoms with Gasteiger partial charge in [-0.1, -0.05) is 38.5 Å². The number of unbranched alkanes of at least 4 members (excludes halogenated alkanes) is 1. The minimum atomic E-state index is -4.90. The van der Waals surface area contributed by atoms with Gasteiger partial charge in [-0.3, -0.25) is 4.79 Å². The summed E-state index contributed by atoms with van der Waals surface area (Å²) in [6.45, 7) is 7.11. The Morgan fingerprint density at radius 3 is 2.46 bits per heavy atom. The van der Waals surface area contributed by atoms with Gasteiger partial charge in [-0.25, -0.2) is 9.07 Å². The average molecular weight is 726 g/mol. The lowest BCUT2D eigenvalue weighted by Crippen LogP contribution is -2.46. The van der Waals surface area contributed by atoms with Crippen LogP contribution in [0.5, 0.6) is 11.6 Å². The van der Waals surface area contributed by atoms with Gasteiger partial charge < -0.3 is 30.5 Å². The minimum Gasteiger partial charge on any atom is -0.491 e. The second kappa shape index (κ2) is 15.0. The van der Waals surface area contributed by atoms with Crippen molar-refractivity contribution in [3.8, 4) is 28.4 Å². The van der Waals surface area contributed by atoms with Crippen molar-refractivity contribution in [3.05, 3.63) is 71.8 Å². The number of nitrogens with one attached hydrogen (secondary N) is 1. The van der Waals surface area contributed by atoms with E-state index in [9.17, 15) is 27.5 Å². The molecule has 52 heavy (non-hydrogen) atoms. The molecule has 4 aromatic rings. The zero-order chi connectivity index (χ0) is 37.2. The van der Waals surface area contributed by atoms with E-state index in [1.165, 1.54) is 41.1 Å². The van der Waals surface area contributed by atoms with E-state index in [1.54, 1.807) is 25.3 Å². The predicted molar refractivity (Wildman–Crippen MR) is 187 cm³/mol. The number of aryl methyl sites for hydroxylation is 1. The molecular formula is C37H43F4N7O4. The van der Waals surface area contributed by atoms with Gasteiger partial charge in [0.2, 0.25) is 17.9 Å². The number of nitrogens with two attached hydrogens (primary N) is 1. The van der Waals surface area contributed by atoms with Gasteiger partial charge in [-0.05, 0) is 79.8 Å². The van der Waals surface area contributed by atoms with Crippen molar-refractivity contribution >= 4 is 17.7 Å². The topological polar surface area (TPSA) is 141 Å². The predicted octanol–water partition coefficient (Wildman–Crippen LogP) is 7.03. The number of carboxylic acids is 1. The van der Waals surface area contributed by atoms with Crippen molar-refractivity contribution in [1.29, 1.82) is 0 Å². The summed E-state index contributed by atoms with van der Waals surface area (Å²) in [6, 6.07) is 11.2. The Morgan fingerprint density at radius 2 is 1.83 bits per heavy atom. The summed E-state index contributed by atoms with van der Waals surface area (Å²) >= 11 is 0. The third-order valence-corrected chi connectivity index (χ3v) is 10.1. The van der Waals surface area contributed by atoms with Gasteiger partial charge in [-0.15, -0.1) is 0 Å². The second-order valence-electron chi connectivity index (χ2n) is 13.6. The molecule has 0 aliphatic carbocycles. The number of anilines is 2. The summed E-state index contributed by atoms with van der Waals surface area (Å²) in [5.74, 6) is -1.66. The fourth-order valence-electron chi connectivity index (χ4n) is 7.37. The van der Waals surface area contributed by atoms with Gasteiger partial charge >= 0.3 is 12.1 Å². The third-order valence-electron chi connectivity index (χ3n) is 10.1. The van der Waals surface area contributed by atoms with Crippen LogP contribution in [-0.4, -0.2) is 68.8 Å². The number of carbonyl (C=O) groups is 1. The van der Waals surface area contributed by atoms with Crippen LogP contribution in [-0.2, 0) is 4.79 Å². The van der Waals surface area contributed by atoms with Crippen molar-refractivity contribution in [2.45, 2.75) is 83.7 Å². The van der Waals surface area contributed by atoms with Crippen LogP contribution < -0.4 is 25.4 Å². The van der Waals surface area contributed by atoms with Gasteiger partial charge in [-0.2, -0.15) is 28.2 Å².